The van der Waals surface area contributed by atoms with E-state index in [0.29, 0.717) is 38.3 Å². The number of rotatable bonds is 8. The highest BCUT2D eigenvalue weighted by molar-refractivity contribution is 7.89. The van der Waals surface area contributed by atoms with E-state index in [1.165, 1.54) is 4.31 Å². The van der Waals surface area contributed by atoms with Gasteiger partial charge in [0.1, 0.15) is 5.75 Å². The highest BCUT2D eigenvalue weighted by Crippen LogP contribution is 2.27. The van der Waals surface area contributed by atoms with E-state index < -0.39 is 10.0 Å². The van der Waals surface area contributed by atoms with Gasteiger partial charge in [0.05, 0.1) is 17.5 Å². The van der Waals surface area contributed by atoms with Crippen LogP contribution in [0.25, 0.3) is 0 Å². The molecule has 0 radical (unpaired) electrons. The van der Waals surface area contributed by atoms with Crippen molar-refractivity contribution >= 4 is 15.9 Å². The quantitative estimate of drug-likeness (QED) is 0.521. The first-order valence-electron chi connectivity index (χ1n) is 11.6. The first kappa shape index (κ1) is 24.0. The van der Waals surface area contributed by atoms with Gasteiger partial charge in [0, 0.05) is 19.0 Å². The Morgan fingerprint density at radius 3 is 1.94 bits per heavy atom. The normalized spacial score (nSPS) is 15.2. The van der Waals surface area contributed by atoms with E-state index in [9.17, 15) is 13.2 Å². The van der Waals surface area contributed by atoms with Gasteiger partial charge in [-0.15, -0.1) is 0 Å². The van der Waals surface area contributed by atoms with Gasteiger partial charge in [0.15, 0.2) is 0 Å². The predicted octanol–water partition coefficient (Wildman–Crippen LogP) is 4.39. The molecule has 34 heavy (non-hydrogen) atoms. The maximum Gasteiger partial charge on any atom is 0.243 e. The second-order valence-electron chi connectivity index (χ2n) is 8.35. The highest BCUT2D eigenvalue weighted by Gasteiger charge is 2.33. The molecule has 0 atom stereocenters. The maximum atomic E-state index is 13.2. The fourth-order valence-corrected chi connectivity index (χ4v) is 5.76. The van der Waals surface area contributed by atoms with E-state index in [2.05, 4.69) is 5.32 Å². The number of carbonyl (C=O) groups is 1. The zero-order valence-corrected chi connectivity index (χ0v) is 20.1. The number of piperidine rings is 1. The highest BCUT2D eigenvalue weighted by atomic mass is 32.2. The molecule has 4 rings (SSSR count). The average molecular weight is 479 g/mol. The van der Waals surface area contributed by atoms with Crippen LogP contribution in [0.15, 0.2) is 89.8 Å². The number of benzene rings is 3. The fourth-order valence-electron chi connectivity index (χ4n) is 4.29. The molecule has 1 amide bonds. The number of hydrogen-bond donors (Lipinski definition) is 1. The maximum absolute atomic E-state index is 13.2. The second-order valence-corrected chi connectivity index (χ2v) is 10.3. The van der Waals surface area contributed by atoms with Gasteiger partial charge in [-0.3, -0.25) is 4.79 Å². The molecule has 1 aliphatic rings. The van der Waals surface area contributed by atoms with Gasteiger partial charge in [0.2, 0.25) is 15.9 Å². The smallest absolute Gasteiger partial charge is 0.243 e. The van der Waals surface area contributed by atoms with Crippen molar-refractivity contribution < 1.29 is 17.9 Å². The largest absolute Gasteiger partial charge is 0.494 e. The van der Waals surface area contributed by atoms with Crippen molar-refractivity contribution in [3.63, 3.8) is 0 Å². The van der Waals surface area contributed by atoms with Crippen molar-refractivity contribution in [2.24, 2.45) is 5.92 Å². The minimum absolute atomic E-state index is 0.0455. The molecule has 1 heterocycles. The average Bonchev–Trinajstić information content (AvgIpc) is 2.89. The summed E-state index contributed by atoms with van der Waals surface area (Å²) in [5.74, 6) is 0.362. The number of ether oxygens (including phenoxy) is 1. The van der Waals surface area contributed by atoms with E-state index >= 15 is 0 Å². The van der Waals surface area contributed by atoms with E-state index in [-0.39, 0.29) is 22.8 Å². The lowest BCUT2D eigenvalue weighted by molar-refractivity contribution is -0.126. The summed E-state index contributed by atoms with van der Waals surface area (Å²) >= 11 is 0. The lowest BCUT2D eigenvalue weighted by Crippen LogP contribution is -2.43. The van der Waals surface area contributed by atoms with Crippen LogP contribution in [0.4, 0.5) is 0 Å². The van der Waals surface area contributed by atoms with Crippen LogP contribution in [0.1, 0.15) is 36.9 Å². The zero-order valence-electron chi connectivity index (χ0n) is 19.3. The standard InChI is InChI=1S/C27H30N2O4S/c1-2-33-24-13-15-25(16-14-24)34(31,32)29-19-17-23(18-20-29)27(30)28-26(21-9-5-3-6-10-21)22-11-7-4-8-12-22/h3-16,23,26H,2,17-20H2,1H3,(H,28,30). The summed E-state index contributed by atoms with van der Waals surface area (Å²) in [6, 6.07) is 26.0. The minimum Gasteiger partial charge on any atom is -0.494 e. The second kappa shape index (κ2) is 10.8. The Balaban J connectivity index is 1.41. The van der Waals surface area contributed by atoms with Crippen molar-refractivity contribution in [3.05, 3.63) is 96.1 Å². The number of hydrogen-bond acceptors (Lipinski definition) is 4. The van der Waals surface area contributed by atoms with Crippen molar-refractivity contribution in [3.8, 4) is 5.75 Å². The van der Waals surface area contributed by atoms with Crippen molar-refractivity contribution in [1.29, 1.82) is 0 Å². The molecule has 1 fully saturated rings. The van der Waals surface area contributed by atoms with Gasteiger partial charge in [-0.2, -0.15) is 4.31 Å². The molecular formula is C27H30N2O4S. The Morgan fingerprint density at radius 2 is 1.44 bits per heavy atom. The number of nitrogens with zero attached hydrogens (tertiary/aromatic N) is 1. The SMILES string of the molecule is CCOc1ccc(S(=O)(=O)N2CCC(C(=O)NC(c3ccccc3)c3ccccc3)CC2)cc1. The molecule has 1 aliphatic heterocycles. The summed E-state index contributed by atoms with van der Waals surface area (Å²) < 4.78 is 33.0. The third-order valence-corrected chi connectivity index (χ3v) is 8.06. The molecule has 7 heteroatoms. The fraction of sp³-hybridized carbons (Fsp3) is 0.296. The van der Waals surface area contributed by atoms with Crippen molar-refractivity contribution in [2.45, 2.75) is 30.7 Å². The topological polar surface area (TPSA) is 75.7 Å². The first-order chi connectivity index (χ1) is 16.5. The molecule has 0 saturated carbocycles. The van der Waals surface area contributed by atoms with Gasteiger partial charge in [0.25, 0.3) is 0 Å². The van der Waals surface area contributed by atoms with Crippen LogP contribution >= 0.6 is 0 Å². The van der Waals surface area contributed by atoms with E-state index in [1.807, 2.05) is 67.6 Å². The van der Waals surface area contributed by atoms with Crippen molar-refractivity contribution in [2.75, 3.05) is 19.7 Å². The van der Waals surface area contributed by atoms with Gasteiger partial charge >= 0.3 is 0 Å². The molecule has 0 aliphatic carbocycles. The number of nitrogens with one attached hydrogen (secondary N) is 1. The Labute approximate surface area is 201 Å². The molecular weight excluding hydrogens is 448 g/mol. The summed E-state index contributed by atoms with van der Waals surface area (Å²) in [6.07, 6.45) is 0.969. The zero-order chi connectivity index (χ0) is 24.0. The molecule has 3 aromatic carbocycles. The molecule has 0 aromatic heterocycles. The molecule has 0 bridgehead atoms. The number of amides is 1. The Morgan fingerprint density at radius 1 is 0.912 bits per heavy atom. The Kier molecular flexibility index (Phi) is 7.65. The lowest BCUT2D eigenvalue weighted by Gasteiger charge is -2.31. The Bertz CT molecular complexity index is 1130. The van der Waals surface area contributed by atoms with Gasteiger partial charge in [-0.25, -0.2) is 8.42 Å². The van der Waals surface area contributed by atoms with E-state index in [0.717, 1.165) is 11.1 Å². The third-order valence-electron chi connectivity index (χ3n) is 6.15. The molecule has 178 valence electrons. The summed E-state index contributed by atoms with van der Waals surface area (Å²) in [5.41, 5.74) is 2.02. The van der Waals surface area contributed by atoms with Crippen LogP contribution in [0.5, 0.6) is 5.75 Å². The first-order valence-corrected chi connectivity index (χ1v) is 13.1. The molecule has 6 nitrogen and oxygen atoms in total. The predicted molar refractivity (Wildman–Crippen MR) is 132 cm³/mol. The van der Waals surface area contributed by atoms with Crippen LogP contribution in [0.3, 0.4) is 0 Å². The van der Waals surface area contributed by atoms with Gasteiger partial charge in [-0.1, -0.05) is 60.7 Å². The number of sulfonamides is 1. The minimum atomic E-state index is -3.61. The van der Waals surface area contributed by atoms with Crippen molar-refractivity contribution in [1.82, 2.24) is 9.62 Å². The van der Waals surface area contributed by atoms with Gasteiger partial charge < -0.3 is 10.1 Å². The lowest BCUT2D eigenvalue weighted by atomic mass is 9.94. The number of carbonyl (C=O) groups excluding carboxylic acids is 1. The molecule has 1 saturated heterocycles. The summed E-state index contributed by atoms with van der Waals surface area (Å²) in [5, 5.41) is 3.20. The van der Waals surface area contributed by atoms with E-state index in [1.54, 1.807) is 24.3 Å². The molecule has 1 N–H and O–H groups in total. The third kappa shape index (κ3) is 5.48. The summed E-state index contributed by atoms with van der Waals surface area (Å²) in [6.45, 7) is 3.04. The Hall–Kier alpha value is -3.16. The van der Waals surface area contributed by atoms with Gasteiger partial charge in [-0.05, 0) is 55.2 Å². The van der Waals surface area contributed by atoms with Crippen LogP contribution in [-0.4, -0.2) is 38.3 Å². The molecule has 0 unspecified atom stereocenters. The van der Waals surface area contributed by atoms with Crippen LogP contribution in [0.2, 0.25) is 0 Å². The van der Waals surface area contributed by atoms with Crippen LogP contribution < -0.4 is 10.1 Å². The molecule has 0 spiro atoms. The summed E-state index contributed by atoms with van der Waals surface area (Å²) in [4.78, 5) is 13.4. The summed E-state index contributed by atoms with van der Waals surface area (Å²) in [7, 11) is -3.61. The van der Waals surface area contributed by atoms with E-state index in [4.69, 9.17) is 4.74 Å². The monoisotopic (exact) mass is 478 g/mol. The molecule has 3 aromatic rings. The van der Waals surface area contributed by atoms with Crippen LogP contribution in [0, 0.1) is 5.92 Å². The van der Waals surface area contributed by atoms with Crippen LogP contribution in [-0.2, 0) is 14.8 Å².